The van der Waals surface area contributed by atoms with Crippen LogP contribution in [0.4, 0.5) is 10.1 Å². The molecule has 28 heavy (non-hydrogen) atoms. The molecule has 2 heterocycles. The van der Waals surface area contributed by atoms with Crippen molar-refractivity contribution in [2.24, 2.45) is 0 Å². The summed E-state index contributed by atoms with van der Waals surface area (Å²) in [5, 5.41) is 2.99. The molecule has 2 aliphatic rings. The molecule has 2 aromatic rings. The zero-order chi connectivity index (χ0) is 19.5. The molecule has 5 nitrogen and oxygen atoms in total. The van der Waals surface area contributed by atoms with Gasteiger partial charge in [-0.25, -0.2) is 4.39 Å². The average molecular weight is 406 g/mol. The van der Waals surface area contributed by atoms with Gasteiger partial charge in [0, 0.05) is 24.8 Å². The first-order valence-corrected chi connectivity index (χ1v) is 9.97. The molecule has 0 radical (unpaired) electrons. The summed E-state index contributed by atoms with van der Waals surface area (Å²) in [6.07, 6.45) is 2.94. The van der Waals surface area contributed by atoms with Crippen molar-refractivity contribution in [3.05, 3.63) is 52.8 Å². The van der Waals surface area contributed by atoms with Crippen molar-refractivity contribution in [3.63, 3.8) is 0 Å². The Morgan fingerprint density at radius 2 is 1.96 bits per heavy atom. The van der Waals surface area contributed by atoms with Crippen molar-refractivity contribution >= 4 is 23.2 Å². The minimum atomic E-state index is -0.428. The number of fused-ring (bicyclic) bond motifs is 1. The van der Waals surface area contributed by atoms with Crippen molar-refractivity contribution in [1.29, 1.82) is 0 Å². The molecule has 2 N–H and O–H groups in total. The van der Waals surface area contributed by atoms with Crippen molar-refractivity contribution in [2.75, 3.05) is 31.6 Å². The first-order chi connectivity index (χ1) is 13.6. The number of carbonyl (C=O) groups excluding carboxylic acids is 1. The van der Waals surface area contributed by atoms with Crippen LogP contribution < -0.4 is 19.7 Å². The van der Waals surface area contributed by atoms with E-state index in [0.717, 1.165) is 42.9 Å². The van der Waals surface area contributed by atoms with Crippen LogP contribution >= 0.6 is 11.6 Å². The lowest BCUT2D eigenvalue weighted by molar-refractivity contribution is -0.910. The SMILES string of the molecule is O=C(C[NH+]1CCC[C@H]1c1ccc2c(c1)OCCCO2)Nc1ccc(F)cc1Cl. The maximum Gasteiger partial charge on any atom is 0.279 e. The molecule has 1 saturated heterocycles. The number of amides is 1. The van der Waals surface area contributed by atoms with Gasteiger partial charge in [-0.1, -0.05) is 11.6 Å². The predicted molar refractivity (Wildman–Crippen MR) is 105 cm³/mol. The highest BCUT2D eigenvalue weighted by molar-refractivity contribution is 6.33. The number of halogens is 2. The van der Waals surface area contributed by atoms with Crippen LogP contribution in [0.1, 0.15) is 30.9 Å². The van der Waals surface area contributed by atoms with Crippen LogP contribution in [0.25, 0.3) is 0 Å². The second kappa shape index (κ2) is 8.37. The lowest BCUT2D eigenvalue weighted by Gasteiger charge is -2.22. The molecule has 2 atom stereocenters. The largest absolute Gasteiger partial charge is 0.490 e. The van der Waals surface area contributed by atoms with Crippen LogP contribution in [0.3, 0.4) is 0 Å². The van der Waals surface area contributed by atoms with Crippen molar-refractivity contribution in [1.82, 2.24) is 0 Å². The lowest BCUT2D eigenvalue weighted by atomic mass is 10.0. The van der Waals surface area contributed by atoms with Gasteiger partial charge in [0.1, 0.15) is 11.9 Å². The fraction of sp³-hybridized carbons (Fsp3) is 0.381. The Bertz CT molecular complexity index is 877. The van der Waals surface area contributed by atoms with E-state index in [-0.39, 0.29) is 17.0 Å². The van der Waals surface area contributed by atoms with E-state index in [0.29, 0.717) is 25.4 Å². The maximum atomic E-state index is 13.2. The second-order valence-corrected chi connectivity index (χ2v) is 7.62. The molecule has 1 unspecified atom stereocenters. The minimum absolute atomic E-state index is 0.134. The topological polar surface area (TPSA) is 52.0 Å². The van der Waals surface area contributed by atoms with Crippen LogP contribution in [0.2, 0.25) is 5.02 Å². The number of ether oxygens (including phenoxy) is 2. The van der Waals surface area contributed by atoms with Crippen LogP contribution in [0.5, 0.6) is 11.5 Å². The van der Waals surface area contributed by atoms with E-state index in [1.807, 2.05) is 12.1 Å². The van der Waals surface area contributed by atoms with Crippen molar-refractivity contribution < 1.29 is 23.6 Å². The molecule has 2 aliphatic heterocycles. The normalized spacial score (nSPS) is 21.2. The number of benzene rings is 2. The fourth-order valence-corrected chi connectivity index (χ4v) is 4.13. The quantitative estimate of drug-likeness (QED) is 0.822. The third kappa shape index (κ3) is 4.23. The van der Waals surface area contributed by atoms with E-state index < -0.39 is 5.82 Å². The molecule has 0 bridgehead atoms. The molecule has 7 heteroatoms. The zero-order valence-corrected chi connectivity index (χ0v) is 16.2. The second-order valence-electron chi connectivity index (χ2n) is 7.21. The highest BCUT2D eigenvalue weighted by atomic mass is 35.5. The van der Waals surface area contributed by atoms with Crippen LogP contribution in [0.15, 0.2) is 36.4 Å². The van der Waals surface area contributed by atoms with Gasteiger partial charge in [-0.2, -0.15) is 0 Å². The van der Waals surface area contributed by atoms with Gasteiger partial charge in [0.25, 0.3) is 5.91 Å². The maximum absolute atomic E-state index is 13.2. The Hall–Kier alpha value is -2.31. The first kappa shape index (κ1) is 19.0. The molecule has 1 amide bonds. The third-order valence-corrected chi connectivity index (χ3v) is 5.56. The fourth-order valence-electron chi connectivity index (χ4n) is 3.91. The van der Waals surface area contributed by atoms with E-state index >= 15 is 0 Å². The number of hydrogen-bond donors (Lipinski definition) is 2. The first-order valence-electron chi connectivity index (χ1n) is 9.59. The van der Waals surface area contributed by atoms with Crippen molar-refractivity contribution in [2.45, 2.75) is 25.3 Å². The number of anilines is 1. The van der Waals surface area contributed by atoms with E-state index in [2.05, 4.69) is 11.4 Å². The van der Waals surface area contributed by atoms with E-state index in [1.54, 1.807) is 0 Å². The van der Waals surface area contributed by atoms with E-state index in [9.17, 15) is 9.18 Å². The van der Waals surface area contributed by atoms with E-state index in [4.69, 9.17) is 21.1 Å². The molecule has 0 saturated carbocycles. The van der Waals surface area contributed by atoms with Gasteiger partial charge < -0.3 is 19.7 Å². The molecule has 148 valence electrons. The van der Waals surface area contributed by atoms with Gasteiger partial charge >= 0.3 is 0 Å². The molecule has 0 aliphatic carbocycles. The number of likely N-dealkylation sites (tertiary alicyclic amines) is 1. The zero-order valence-electron chi connectivity index (χ0n) is 15.5. The Labute approximate surface area is 168 Å². The number of hydrogen-bond acceptors (Lipinski definition) is 3. The standard InChI is InChI=1S/C21H22ClFN2O3/c22-16-12-15(23)5-6-17(16)24-21(26)13-25-8-1-3-18(25)14-4-7-19-20(11-14)28-10-2-9-27-19/h4-7,11-12,18H,1-3,8-10,13H2,(H,24,26)/p+1/t18-/m0/s1. The van der Waals surface area contributed by atoms with Crippen molar-refractivity contribution in [3.8, 4) is 11.5 Å². The molecular weight excluding hydrogens is 383 g/mol. The summed E-state index contributed by atoms with van der Waals surface area (Å²) < 4.78 is 24.7. The molecule has 4 rings (SSSR count). The summed E-state index contributed by atoms with van der Waals surface area (Å²) in [6, 6.07) is 10.3. The Balaban J connectivity index is 1.45. The highest BCUT2D eigenvalue weighted by Gasteiger charge is 2.32. The lowest BCUT2D eigenvalue weighted by Crippen LogP contribution is -3.11. The van der Waals surface area contributed by atoms with E-state index in [1.165, 1.54) is 23.1 Å². The molecular formula is C21H23ClFN2O3+. The molecule has 2 aromatic carbocycles. The average Bonchev–Trinajstić information content (AvgIpc) is 2.99. The van der Waals surface area contributed by atoms with Crippen LogP contribution in [0, 0.1) is 5.82 Å². The van der Waals surface area contributed by atoms with Gasteiger partial charge in [-0.3, -0.25) is 4.79 Å². The van der Waals surface area contributed by atoms with Gasteiger partial charge in [0.05, 0.1) is 30.5 Å². The van der Waals surface area contributed by atoms with Gasteiger partial charge in [-0.05, 0) is 36.4 Å². The molecule has 0 aromatic heterocycles. The minimum Gasteiger partial charge on any atom is -0.490 e. The summed E-state index contributed by atoms with van der Waals surface area (Å²) in [6.45, 7) is 2.56. The number of nitrogens with one attached hydrogen (secondary N) is 2. The summed E-state index contributed by atoms with van der Waals surface area (Å²) in [5.74, 6) is 1.00. The van der Waals surface area contributed by atoms with Gasteiger partial charge in [0.15, 0.2) is 18.0 Å². The third-order valence-electron chi connectivity index (χ3n) is 5.25. The highest BCUT2D eigenvalue weighted by Crippen LogP contribution is 2.33. The number of rotatable bonds is 4. The Morgan fingerprint density at radius 3 is 2.79 bits per heavy atom. The smallest absolute Gasteiger partial charge is 0.279 e. The summed E-state index contributed by atoms with van der Waals surface area (Å²) in [7, 11) is 0. The Kier molecular flexibility index (Phi) is 5.69. The summed E-state index contributed by atoms with van der Waals surface area (Å²) >= 11 is 6.01. The summed E-state index contributed by atoms with van der Waals surface area (Å²) in [4.78, 5) is 13.7. The molecule has 1 fully saturated rings. The number of quaternary nitrogens is 1. The monoisotopic (exact) mass is 405 g/mol. The number of carbonyl (C=O) groups is 1. The van der Waals surface area contributed by atoms with Crippen LogP contribution in [-0.2, 0) is 4.79 Å². The van der Waals surface area contributed by atoms with Crippen LogP contribution in [-0.4, -0.2) is 32.2 Å². The predicted octanol–water partition coefficient (Wildman–Crippen LogP) is 3.00. The van der Waals surface area contributed by atoms with Gasteiger partial charge in [0.2, 0.25) is 0 Å². The van der Waals surface area contributed by atoms with Gasteiger partial charge in [-0.15, -0.1) is 0 Å². The summed E-state index contributed by atoms with van der Waals surface area (Å²) in [5.41, 5.74) is 1.59. The Morgan fingerprint density at radius 1 is 1.14 bits per heavy atom. The molecule has 0 spiro atoms.